The number of nitrogens with one attached hydrogen (secondary N) is 1. The normalized spacial score (nSPS) is 10.6. The van der Waals surface area contributed by atoms with Crippen molar-refractivity contribution in [3.05, 3.63) is 58.2 Å². The Morgan fingerprint density at radius 1 is 1.27 bits per heavy atom. The van der Waals surface area contributed by atoms with Crippen molar-refractivity contribution >= 4 is 44.3 Å². The van der Waals surface area contributed by atoms with Crippen LogP contribution < -0.4 is 15.8 Å². The SMILES string of the molecule is COC(=O)c1cc2sc(N(C)C(=O)Nc3cccc(F)c3)cc2oc1=O. The van der Waals surface area contributed by atoms with Crippen molar-refractivity contribution in [1.29, 1.82) is 0 Å². The molecular formula is C17H13FN2O5S. The van der Waals surface area contributed by atoms with Gasteiger partial charge in [0.2, 0.25) is 0 Å². The van der Waals surface area contributed by atoms with Crippen molar-refractivity contribution in [3.63, 3.8) is 0 Å². The van der Waals surface area contributed by atoms with Gasteiger partial charge in [-0.25, -0.2) is 18.8 Å². The predicted molar refractivity (Wildman–Crippen MR) is 95.5 cm³/mol. The van der Waals surface area contributed by atoms with Gasteiger partial charge >= 0.3 is 17.6 Å². The first-order chi connectivity index (χ1) is 12.4. The fourth-order valence-electron chi connectivity index (χ4n) is 2.19. The number of anilines is 2. The van der Waals surface area contributed by atoms with Gasteiger partial charge in [-0.1, -0.05) is 6.07 Å². The second kappa shape index (κ2) is 6.96. The first-order valence-electron chi connectivity index (χ1n) is 7.35. The summed E-state index contributed by atoms with van der Waals surface area (Å²) in [5.41, 5.74) is -0.489. The smallest absolute Gasteiger partial charge is 0.351 e. The number of fused-ring (bicyclic) bond motifs is 1. The third-order valence-electron chi connectivity index (χ3n) is 3.53. The average Bonchev–Trinajstić information content (AvgIpc) is 3.02. The molecule has 0 saturated heterocycles. The Morgan fingerprint density at radius 2 is 2.04 bits per heavy atom. The zero-order chi connectivity index (χ0) is 18.8. The molecule has 0 aliphatic carbocycles. The van der Waals surface area contributed by atoms with Gasteiger partial charge in [0.1, 0.15) is 16.4 Å². The lowest BCUT2D eigenvalue weighted by atomic mass is 10.3. The number of rotatable bonds is 3. The average molecular weight is 376 g/mol. The van der Waals surface area contributed by atoms with E-state index in [0.717, 1.165) is 18.4 Å². The largest absolute Gasteiger partial charge is 0.465 e. The molecule has 0 saturated carbocycles. The summed E-state index contributed by atoms with van der Waals surface area (Å²) in [6.45, 7) is 0. The van der Waals surface area contributed by atoms with Crippen LogP contribution in [0.1, 0.15) is 10.4 Å². The number of urea groups is 1. The van der Waals surface area contributed by atoms with Gasteiger partial charge in [-0.2, -0.15) is 0 Å². The zero-order valence-corrected chi connectivity index (χ0v) is 14.6. The molecular weight excluding hydrogens is 363 g/mol. The van der Waals surface area contributed by atoms with Crippen molar-refractivity contribution in [1.82, 2.24) is 0 Å². The first kappa shape index (κ1) is 17.6. The molecule has 0 bridgehead atoms. The van der Waals surface area contributed by atoms with Crippen LogP contribution in [0, 0.1) is 5.82 Å². The van der Waals surface area contributed by atoms with Crippen LogP contribution in [0.3, 0.4) is 0 Å². The minimum absolute atomic E-state index is 0.222. The molecule has 2 heterocycles. The molecule has 9 heteroatoms. The van der Waals surface area contributed by atoms with Crippen LogP contribution in [0.4, 0.5) is 19.9 Å². The number of carbonyl (C=O) groups is 2. The summed E-state index contributed by atoms with van der Waals surface area (Å²) in [5.74, 6) is -1.27. The maximum atomic E-state index is 13.2. The van der Waals surface area contributed by atoms with Crippen LogP contribution in [-0.4, -0.2) is 26.2 Å². The highest BCUT2D eigenvalue weighted by molar-refractivity contribution is 7.22. The summed E-state index contributed by atoms with van der Waals surface area (Å²) in [6, 6.07) is 7.87. The second-order valence-corrected chi connectivity index (χ2v) is 6.31. The number of amides is 2. The molecule has 0 unspecified atom stereocenters. The quantitative estimate of drug-likeness (QED) is 0.707. The number of esters is 1. The summed E-state index contributed by atoms with van der Waals surface area (Å²) < 4.78 is 23.4. The molecule has 0 atom stereocenters. The Balaban J connectivity index is 1.88. The molecule has 1 aromatic carbocycles. The summed E-state index contributed by atoms with van der Waals surface area (Å²) in [7, 11) is 2.68. The minimum atomic E-state index is -0.819. The van der Waals surface area contributed by atoms with E-state index in [0.29, 0.717) is 15.4 Å². The Hall–Kier alpha value is -3.20. The van der Waals surface area contributed by atoms with Gasteiger partial charge in [-0.3, -0.25) is 4.90 Å². The topological polar surface area (TPSA) is 88.8 Å². The van der Waals surface area contributed by atoms with Crippen LogP contribution in [0.25, 0.3) is 10.3 Å². The van der Waals surface area contributed by atoms with Crippen LogP contribution >= 0.6 is 11.3 Å². The maximum Gasteiger partial charge on any atom is 0.351 e. The van der Waals surface area contributed by atoms with Crippen molar-refractivity contribution in [3.8, 4) is 0 Å². The van der Waals surface area contributed by atoms with Gasteiger partial charge < -0.3 is 14.5 Å². The lowest BCUT2D eigenvalue weighted by Gasteiger charge is -2.15. The minimum Gasteiger partial charge on any atom is -0.465 e. The van der Waals surface area contributed by atoms with Crippen molar-refractivity contribution in [2.75, 3.05) is 24.4 Å². The van der Waals surface area contributed by atoms with E-state index in [4.69, 9.17) is 4.42 Å². The number of benzene rings is 1. The number of methoxy groups -OCH3 is 1. The summed E-state index contributed by atoms with van der Waals surface area (Å²) in [6.07, 6.45) is 0. The monoisotopic (exact) mass is 376 g/mol. The van der Waals surface area contributed by atoms with Gasteiger partial charge in [0.05, 0.1) is 11.8 Å². The standard InChI is InChI=1S/C17H13FN2O5S/c1-20(17(23)19-10-5-3-4-9(18)6-10)14-8-12-13(26-14)7-11(15(21)24-2)16(22)25-12/h3-8H,1-2H3,(H,19,23). The van der Waals surface area contributed by atoms with Gasteiger partial charge in [0.25, 0.3) is 0 Å². The number of halogens is 1. The predicted octanol–water partition coefficient (Wildman–Crippen LogP) is 3.45. The second-order valence-electron chi connectivity index (χ2n) is 5.25. The van der Waals surface area contributed by atoms with Crippen LogP contribution in [0.2, 0.25) is 0 Å². The molecule has 1 N–H and O–H groups in total. The lowest BCUT2D eigenvalue weighted by Crippen LogP contribution is -2.30. The fourth-order valence-corrected chi connectivity index (χ4v) is 3.18. The van der Waals surface area contributed by atoms with Crippen molar-refractivity contribution < 1.29 is 23.1 Å². The molecule has 0 radical (unpaired) electrons. The van der Waals surface area contributed by atoms with E-state index in [1.807, 2.05) is 0 Å². The summed E-state index contributed by atoms with van der Waals surface area (Å²) in [5, 5.41) is 3.03. The molecule has 0 aliphatic heterocycles. The van der Waals surface area contributed by atoms with Crippen molar-refractivity contribution in [2.24, 2.45) is 0 Å². The van der Waals surface area contributed by atoms with Crippen LogP contribution in [-0.2, 0) is 4.74 Å². The van der Waals surface area contributed by atoms with Gasteiger partial charge in [0.15, 0.2) is 5.58 Å². The van der Waals surface area contributed by atoms with E-state index in [-0.39, 0.29) is 11.1 Å². The number of nitrogens with zero attached hydrogens (tertiary/aromatic N) is 1. The number of thiophene rings is 1. The van der Waals surface area contributed by atoms with Crippen LogP contribution in [0.15, 0.2) is 45.6 Å². The highest BCUT2D eigenvalue weighted by Crippen LogP contribution is 2.32. The highest BCUT2D eigenvalue weighted by atomic mass is 32.1. The molecule has 3 rings (SSSR count). The molecule has 134 valence electrons. The Morgan fingerprint density at radius 3 is 2.73 bits per heavy atom. The summed E-state index contributed by atoms with van der Waals surface area (Å²) in [4.78, 5) is 37.0. The third-order valence-corrected chi connectivity index (χ3v) is 4.67. The molecule has 7 nitrogen and oxygen atoms in total. The van der Waals surface area contributed by atoms with Crippen LogP contribution in [0.5, 0.6) is 0 Å². The Bertz CT molecular complexity index is 1060. The van der Waals surface area contributed by atoms with E-state index in [2.05, 4.69) is 10.1 Å². The zero-order valence-electron chi connectivity index (χ0n) is 13.7. The van der Waals surface area contributed by atoms with E-state index < -0.39 is 23.4 Å². The van der Waals surface area contributed by atoms with E-state index in [1.54, 1.807) is 6.07 Å². The third kappa shape index (κ3) is 3.42. The first-order valence-corrected chi connectivity index (χ1v) is 8.17. The summed E-state index contributed by atoms with van der Waals surface area (Å²) >= 11 is 1.15. The van der Waals surface area contributed by atoms with Crippen molar-refractivity contribution in [2.45, 2.75) is 0 Å². The number of carbonyl (C=O) groups excluding carboxylic acids is 2. The number of hydrogen-bond acceptors (Lipinski definition) is 6. The molecule has 2 amide bonds. The molecule has 0 fully saturated rings. The number of hydrogen-bond donors (Lipinski definition) is 1. The van der Waals surface area contributed by atoms with Gasteiger partial charge in [-0.05, 0) is 24.3 Å². The van der Waals surface area contributed by atoms with E-state index >= 15 is 0 Å². The molecule has 26 heavy (non-hydrogen) atoms. The molecule has 0 spiro atoms. The number of ether oxygens (including phenoxy) is 1. The Kier molecular flexibility index (Phi) is 4.72. The van der Waals surface area contributed by atoms with E-state index in [1.165, 1.54) is 42.3 Å². The van der Waals surface area contributed by atoms with E-state index in [9.17, 15) is 18.8 Å². The van der Waals surface area contributed by atoms with Gasteiger partial charge in [0, 0.05) is 18.8 Å². The van der Waals surface area contributed by atoms with Gasteiger partial charge in [-0.15, -0.1) is 11.3 Å². The fraction of sp³-hybridized carbons (Fsp3) is 0.118. The maximum absolute atomic E-state index is 13.2. The lowest BCUT2D eigenvalue weighted by molar-refractivity contribution is 0.0596. The molecule has 0 aliphatic rings. The highest BCUT2D eigenvalue weighted by Gasteiger charge is 2.19. The molecule has 2 aromatic heterocycles. The molecule has 3 aromatic rings. The Labute approximate surface area is 150 Å².